The van der Waals surface area contributed by atoms with Crippen LogP contribution in [0.2, 0.25) is 0 Å². The van der Waals surface area contributed by atoms with Crippen LogP contribution in [0.5, 0.6) is 0 Å². The Morgan fingerprint density at radius 1 is 1.05 bits per heavy atom. The van der Waals surface area contributed by atoms with Crippen molar-refractivity contribution < 1.29 is 0 Å². The highest BCUT2D eigenvalue weighted by Crippen LogP contribution is 2.48. The van der Waals surface area contributed by atoms with Crippen molar-refractivity contribution >= 4 is 10.9 Å². The normalized spacial score (nSPS) is 20.5. The lowest BCUT2D eigenvalue weighted by molar-refractivity contribution is 0.231. The van der Waals surface area contributed by atoms with Gasteiger partial charge in [-0.2, -0.15) is 0 Å². The molecule has 1 aliphatic carbocycles. The minimum atomic E-state index is 0.259. The monoisotopic (exact) mass is 255 g/mol. The Balaban J connectivity index is 2.36. The number of aromatic amines is 1. The average Bonchev–Trinajstić information content (AvgIpc) is 2.53. The van der Waals surface area contributed by atoms with E-state index in [9.17, 15) is 0 Å². The summed E-state index contributed by atoms with van der Waals surface area (Å²) in [5.41, 5.74) is 7.76. The van der Waals surface area contributed by atoms with Crippen molar-refractivity contribution in [2.45, 2.75) is 59.8 Å². The second kappa shape index (κ2) is 3.65. The van der Waals surface area contributed by atoms with Crippen LogP contribution in [0.15, 0.2) is 12.1 Å². The molecule has 0 unspecified atom stereocenters. The van der Waals surface area contributed by atoms with E-state index in [4.69, 9.17) is 0 Å². The lowest BCUT2D eigenvalue weighted by atomic mass is 9.64. The van der Waals surface area contributed by atoms with E-state index >= 15 is 0 Å². The Hall–Kier alpha value is -1.24. The Morgan fingerprint density at radius 3 is 2.42 bits per heavy atom. The zero-order chi connectivity index (χ0) is 14.0. The van der Waals surface area contributed by atoms with E-state index in [2.05, 4.69) is 58.7 Å². The number of hydrogen-bond donors (Lipinski definition) is 1. The molecule has 102 valence electrons. The van der Waals surface area contributed by atoms with Crippen molar-refractivity contribution in [1.29, 1.82) is 0 Å². The summed E-state index contributed by atoms with van der Waals surface area (Å²) >= 11 is 0. The van der Waals surface area contributed by atoms with E-state index in [-0.39, 0.29) is 5.41 Å². The van der Waals surface area contributed by atoms with Gasteiger partial charge in [0.05, 0.1) is 0 Å². The molecule has 0 spiro atoms. The molecule has 2 aromatic rings. The zero-order valence-electron chi connectivity index (χ0n) is 13.1. The smallest absolute Gasteiger partial charge is 0.0489 e. The molecule has 0 aliphatic heterocycles. The molecule has 1 N–H and O–H groups in total. The number of aryl methyl sites for hydroxylation is 2. The van der Waals surface area contributed by atoms with Gasteiger partial charge in [0.15, 0.2) is 0 Å². The molecule has 0 saturated carbocycles. The topological polar surface area (TPSA) is 15.8 Å². The fraction of sp³-hybridized carbons (Fsp3) is 0.556. The summed E-state index contributed by atoms with van der Waals surface area (Å²) < 4.78 is 0. The molecule has 1 nitrogen and oxygen atoms in total. The molecular formula is C18H25N. The number of H-pyrrole nitrogens is 1. The first-order valence-electron chi connectivity index (χ1n) is 7.32. The third-order valence-corrected chi connectivity index (χ3v) is 4.58. The van der Waals surface area contributed by atoms with Crippen molar-refractivity contribution in [2.24, 2.45) is 5.41 Å². The van der Waals surface area contributed by atoms with Crippen LogP contribution < -0.4 is 0 Å². The second-order valence-electron chi connectivity index (χ2n) is 7.88. The Labute approximate surface area is 116 Å². The van der Waals surface area contributed by atoms with E-state index in [1.807, 2.05) is 0 Å². The maximum absolute atomic E-state index is 3.72. The first-order valence-corrected chi connectivity index (χ1v) is 7.32. The quantitative estimate of drug-likeness (QED) is 0.679. The average molecular weight is 255 g/mol. The molecule has 1 heteroatoms. The minimum absolute atomic E-state index is 0.259. The van der Waals surface area contributed by atoms with E-state index < -0.39 is 0 Å². The number of rotatable bonds is 0. The van der Waals surface area contributed by atoms with Gasteiger partial charge in [0.2, 0.25) is 0 Å². The zero-order valence-corrected chi connectivity index (χ0v) is 13.1. The minimum Gasteiger partial charge on any atom is -0.358 e. The van der Waals surface area contributed by atoms with E-state index in [1.165, 1.54) is 40.6 Å². The Bertz CT molecular complexity index is 656. The summed E-state index contributed by atoms with van der Waals surface area (Å²) in [5, 5.41) is 1.45. The van der Waals surface area contributed by atoms with Gasteiger partial charge < -0.3 is 4.98 Å². The molecule has 1 aliphatic rings. The summed E-state index contributed by atoms with van der Waals surface area (Å²) in [6.07, 6.45) is 2.42. The molecule has 3 rings (SSSR count). The van der Waals surface area contributed by atoms with Crippen LogP contribution >= 0.6 is 0 Å². The third kappa shape index (κ3) is 1.91. The van der Waals surface area contributed by atoms with Gasteiger partial charge in [-0.1, -0.05) is 39.3 Å². The molecule has 0 amide bonds. The number of hydrogen-bond acceptors (Lipinski definition) is 0. The fourth-order valence-electron chi connectivity index (χ4n) is 4.44. The van der Waals surface area contributed by atoms with Crippen LogP contribution in [0.25, 0.3) is 10.9 Å². The molecule has 0 saturated heterocycles. The lowest BCUT2D eigenvalue weighted by Gasteiger charge is -2.40. The highest BCUT2D eigenvalue weighted by molar-refractivity contribution is 5.89. The molecule has 0 bridgehead atoms. The highest BCUT2D eigenvalue weighted by atomic mass is 14.7. The number of aromatic nitrogens is 1. The van der Waals surface area contributed by atoms with Gasteiger partial charge >= 0.3 is 0 Å². The van der Waals surface area contributed by atoms with E-state index in [1.54, 1.807) is 5.56 Å². The van der Waals surface area contributed by atoms with Crippen LogP contribution in [0.3, 0.4) is 0 Å². The number of benzene rings is 1. The highest BCUT2D eigenvalue weighted by Gasteiger charge is 2.39. The van der Waals surface area contributed by atoms with Gasteiger partial charge in [0.1, 0.15) is 0 Å². The van der Waals surface area contributed by atoms with E-state index in [0.717, 1.165) is 0 Å². The summed E-state index contributed by atoms with van der Waals surface area (Å²) in [7, 11) is 0. The van der Waals surface area contributed by atoms with Crippen molar-refractivity contribution in [3.8, 4) is 0 Å². The standard InChI is InChI=1S/C18H25N/c1-11-7-12(2)16-13(8-11)15-14(19-16)9-17(3,4)10-18(15,5)6/h7-8,19H,9-10H2,1-6H3. The maximum Gasteiger partial charge on any atom is 0.0489 e. The molecule has 19 heavy (non-hydrogen) atoms. The predicted molar refractivity (Wildman–Crippen MR) is 82.9 cm³/mol. The lowest BCUT2D eigenvalue weighted by Crippen LogP contribution is -2.34. The van der Waals surface area contributed by atoms with Gasteiger partial charge in [-0.25, -0.2) is 0 Å². The first kappa shape index (κ1) is 12.8. The fourth-order valence-corrected chi connectivity index (χ4v) is 4.44. The predicted octanol–water partition coefficient (Wildman–Crippen LogP) is 5.03. The molecular weight excluding hydrogens is 230 g/mol. The largest absolute Gasteiger partial charge is 0.358 e. The van der Waals surface area contributed by atoms with Crippen molar-refractivity contribution in [3.05, 3.63) is 34.5 Å². The van der Waals surface area contributed by atoms with Crippen molar-refractivity contribution in [1.82, 2.24) is 4.98 Å². The number of fused-ring (bicyclic) bond motifs is 3. The molecule has 0 radical (unpaired) electrons. The summed E-state index contributed by atoms with van der Waals surface area (Å²) in [4.78, 5) is 3.72. The maximum atomic E-state index is 3.72. The summed E-state index contributed by atoms with van der Waals surface area (Å²) in [6.45, 7) is 14.0. The Morgan fingerprint density at radius 2 is 1.74 bits per heavy atom. The second-order valence-corrected chi connectivity index (χ2v) is 7.88. The first-order chi connectivity index (χ1) is 8.70. The molecule has 1 heterocycles. The van der Waals surface area contributed by atoms with Crippen molar-refractivity contribution in [3.63, 3.8) is 0 Å². The third-order valence-electron chi connectivity index (χ3n) is 4.58. The number of nitrogens with one attached hydrogen (secondary N) is 1. The van der Waals surface area contributed by atoms with Crippen molar-refractivity contribution in [2.75, 3.05) is 0 Å². The van der Waals surface area contributed by atoms with Gasteiger partial charge in [-0.3, -0.25) is 0 Å². The van der Waals surface area contributed by atoms with Gasteiger partial charge in [0.25, 0.3) is 0 Å². The SMILES string of the molecule is Cc1cc(C)c2[nH]c3c(c2c1)C(C)(C)CC(C)(C)C3. The molecule has 0 fully saturated rings. The Kier molecular flexibility index (Phi) is 2.46. The molecule has 1 aromatic heterocycles. The van der Waals surface area contributed by atoms with Crippen LogP contribution in [-0.4, -0.2) is 4.98 Å². The van der Waals surface area contributed by atoms with Crippen LogP contribution in [0.1, 0.15) is 56.5 Å². The summed E-state index contributed by atoms with van der Waals surface area (Å²) in [6, 6.07) is 4.64. The van der Waals surface area contributed by atoms with Gasteiger partial charge in [0, 0.05) is 16.6 Å². The molecule has 1 aromatic carbocycles. The summed E-state index contributed by atoms with van der Waals surface area (Å²) in [5.74, 6) is 0. The molecule has 0 atom stereocenters. The van der Waals surface area contributed by atoms with Gasteiger partial charge in [-0.15, -0.1) is 0 Å². The van der Waals surface area contributed by atoms with Gasteiger partial charge in [-0.05, 0) is 54.7 Å². The van der Waals surface area contributed by atoms with Crippen LogP contribution in [0, 0.1) is 19.3 Å². The van der Waals surface area contributed by atoms with E-state index in [0.29, 0.717) is 5.41 Å². The van der Waals surface area contributed by atoms with Crippen LogP contribution in [0.4, 0.5) is 0 Å². The van der Waals surface area contributed by atoms with Crippen LogP contribution in [-0.2, 0) is 11.8 Å².